The van der Waals surface area contributed by atoms with Crippen molar-refractivity contribution in [3.63, 3.8) is 0 Å². The second kappa shape index (κ2) is 4.72. The molecule has 0 saturated heterocycles. The van der Waals surface area contributed by atoms with Crippen LogP contribution >= 0.6 is 11.8 Å². The first kappa shape index (κ1) is 9.88. The Morgan fingerprint density at radius 2 is 2.13 bits per heavy atom. The number of hydrazine groups is 1. The molecule has 0 aliphatic heterocycles. The minimum Gasteiger partial charge on any atom is -0.308 e. The van der Waals surface area contributed by atoms with Gasteiger partial charge in [-0.05, 0) is 18.2 Å². The Morgan fingerprint density at radius 1 is 1.20 bits per heavy atom. The Kier molecular flexibility index (Phi) is 3.11. The maximum atomic E-state index is 5.26. The lowest BCUT2D eigenvalue weighted by atomic mass is 10.5. The maximum Gasteiger partial charge on any atom is 0.140 e. The molecular weight excluding hydrogens is 210 g/mol. The molecular formula is C9H9N5S. The Balaban J connectivity index is 2.17. The number of nitrogens with two attached hydrogens (primary N) is 1. The number of pyridine rings is 1. The number of nitrogens with one attached hydrogen (secondary N) is 1. The SMILES string of the molecule is NNc1cc(Sc2ccncn2)ccn1. The number of nitrogen functional groups attached to an aromatic ring is 1. The first-order valence-electron chi connectivity index (χ1n) is 4.25. The van der Waals surface area contributed by atoms with E-state index in [-0.39, 0.29) is 0 Å². The lowest BCUT2D eigenvalue weighted by Gasteiger charge is -2.02. The van der Waals surface area contributed by atoms with Crippen LogP contribution < -0.4 is 11.3 Å². The van der Waals surface area contributed by atoms with E-state index in [0.717, 1.165) is 9.92 Å². The fourth-order valence-corrected chi connectivity index (χ4v) is 1.78. The number of nitrogens with zero attached hydrogens (tertiary/aromatic N) is 3. The predicted molar refractivity (Wildman–Crippen MR) is 58.2 cm³/mol. The van der Waals surface area contributed by atoms with Gasteiger partial charge in [0.25, 0.3) is 0 Å². The first-order valence-corrected chi connectivity index (χ1v) is 5.06. The molecule has 76 valence electrons. The second-order valence-electron chi connectivity index (χ2n) is 2.67. The van der Waals surface area contributed by atoms with E-state index < -0.39 is 0 Å². The smallest absolute Gasteiger partial charge is 0.140 e. The molecule has 0 fully saturated rings. The van der Waals surface area contributed by atoms with E-state index in [1.54, 1.807) is 12.4 Å². The molecule has 15 heavy (non-hydrogen) atoms. The highest BCUT2D eigenvalue weighted by atomic mass is 32.2. The van der Waals surface area contributed by atoms with Crippen LogP contribution in [0.5, 0.6) is 0 Å². The van der Waals surface area contributed by atoms with Gasteiger partial charge in [0.15, 0.2) is 0 Å². The van der Waals surface area contributed by atoms with Crippen molar-refractivity contribution < 1.29 is 0 Å². The standard InChI is InChI=1S/C9H9N5S/c10-14-8-5-7(1-4-12-8)15-9-2-3-11-6-13-9/h1-6H,10H2,(H,12,14). The molecule has 0 spiro atoms. The van der Waals surface area contributed by atoms with Gasteiger partial charge in [0.05, 0.1) is 0 Å². The zero-order valence-corrected chi connectivity index (χ0v) is 8.61. The first-order chi connectivity index (χ1) is 7.38. The summed E-state index contributed by atoms with van der Waals surface area (Å²) >= 11 is 1.53. The van der Waals surface area contributed by atoms with Crippen LogP contribution in [0.1, 0.15) is 0 Å². The molecule has 0 aliphatic rings. The van der Waals surface area contributed by atoms with Crippen LogP contribution in [-0.2, 0) is 0 Å². The minimum atomic E-state index is 0.633. The minimum absolute atomic E-state index is 0.633. The summed E-state index contributed by atoms with van der Waals surface area (Å²) in [6.45, 7) is 0. The van der Waals surface area contributed by atoms with Gasteiger partial charge in [-0.15, -0.1) is 0 Å². The van der Waals surface area contributed by atoms with Gasteiger partial charge < -0.3 is 5.43 Å². The molecule has 2 aromatic heterocycles. The van der Waals surface area contributed by atoms with E-state index in [1.165, 1.54) is 18.1 Å². The van der Waals surface area contributed by atoms with Crippen LogP contribution in [0.3, 0.4) is 0 Å². The third-order valence-corrected chi connectivity index (χ3v) is 2.60. The third-order valence-electron chi connectivity index (χ3n) is 1.66. The molecule has 0 bridgehead atoms. The van der Waals surface area contributed by atoms with Crippen molar-refractivity contribution in [3.05, 3.63) is 36.9 Å². The quantitative estimate of drug-likeness (QED) is 0.460. The van der Waals surface area contributed by atoms with Crippen molar-refractivity contribution in [3.8, 4) is 0 Å². The van der Waals surface area contributed by atoms with Gasteiger partial charge in [-0.3, -0.25) is 0 Å². The van der Waals surface area contributed by atoms with Crippen LogP contribution in [0, 0.1) is 0 Å². The summed E-state index contributed by atoms with van der Waals surface area (Å²) in [7, 11) is 0. The summed E-state index contributed by atoms with van der Waals surface area (Å²) in [6, 6.07) is 5.60. The molecule has 0 amide bonds. The van der Waals surface area contributed by atoms with Crippen LogP contribution in [0.2, 0.25) is 0 Å². The second-order valence-corrected chi connectivity index (χ2v) is 3.76. The van der Waals surface area contributed by atoms with Gasteiger partial charge in [-0.2, -0.15) is 0 Å². The molecule has 3 N–H and O–H groups in total. The molecule has 6 heteroatoms. The van der Waals surface area contributed by atoms with Crippen molar-refractivity contribution in [1.82, 2.24) is 15.0 Å². The zero-order valence-electron chi connectivity index (χ0n) is 7.79. The summed E-state index contributed by atoms with van der Waals surface area (Å²) in [5.41, 5.74) is 2.50. The lowest BCUT2D eigenvalue weighted by Crippen LogP contribution is -2.07. The fraction of sp³-hybridized carbons (Fsp3) is 0. The van der Waals surface area contributed by atoms with Gasteiger partial charge in [-0.1, -0.05) is 11.8 Å². The van der Waals surface area contributed by atoms with Gasteiger partial charge in [0.2, 0.25) is 0 Å². The highest BCUT2D eigenvalue weighted by Crippen LogP contribution is 2.25. The van der Waals surface area contributed by atoms with Crippen LogP contribution in [-0.4, -0.2) is 15.0 Å². The van der Waals surface area contributed by atoms with Gasteiger partial charge in [-0.25, -0.2) is 20.8 Å². The van der Waals surface area contributed by atoms with Gasteiger partial charge in [0, 0.05) is 17.3 Å². The Bertz CT molecular complexity index is 434. The Hall–Kier alpha value is -1.66. The largest absolute Gasteiger partial charge is 0.308 e. The molecule has 0 atom stereocenters. The van der Waals surface area contributed by atoms with E-state index in [9.17, 15) is 0 Å². The molecule has 2 rings (SSSR count). The normalized spacial score (nSPS) is 9.93. The van der Waals surface area contributed by atoms with Crippen LogP contribution in [0.25, 0.3) is 0 Å². The molecule has 2 heterocycles. The van der Waals surface area contributed by atoms with E-state index in [0.29, 0.717) is 5.82 Å². The number of rotatable bonds is 3. The van der Waals surface area contributed by atoms with Gasteiger partial charge in [0.1, 0.15) is 17.2 Å². The summed E-state index contributed by atoms with van der Waals surface area (Å²) in [5.74, 6) is 5.90. The van der Waals surface area contributed by atoms with E-state index in [2.05, 4.69) is 20.4 Å². The van der Waals surface area contributed by atoms with Crippen molar-refractivity contribution in [2.45, 2.75) is 9.92 Å². The number of aromatic nitrogens is 3. The zero-order chi connectivity index (χ0) is 10.5. The molecule has 0 aromatic carbocycles. The summed E-state index contributed by atoms with van der Waals surface area (Å²) in [4.78, 5) is 13.0. The predicted octanol–water partition coefficient (Wildman–Crippen LogP) is 1.31. The van der Waals surface area contributed by atoms with Crippen molar-refractivity contribution in [2.24, 2.45) is 5.84 Å². The highest BCUT2D eigenvalue weighted by molar-refractivity contribution is 7.99. The Morgan fingerprint density at radius 3 is 2.87 bits per heavy atom. The average Bonchev–Trinajstić information content (AvgIpc) is 2.31. The maximum absolute atomic E-state index is 5.26. The number of hydrogen-bond acceptors (Lipinski definition) is 6. The molecule has 0 saturated carbocycles. The molecule has 0 unspecified atom stereocenters. The molecule has 5 nitrogen and oxygen atoms in total. The Labute approximate surface area is 91.1 Å². The van der Waals surface area contributed by atoms with Crippen molar-refractivity contribution in [2.75, 3.05) is 5.43 Å². The molecule has 2 aromatic rings. The van der Waals surface area contributed by atoms with Crippen LogP contribution in [0.15, 0.2) is 46.8 Å². The monoisotopic (exact) mass is 219 g/mol. The van der Waals surface area contributed by atoms with Crippen molar-refractivity contribution in [1.29, 1.82) is 0 Å². The fourth-order valence-electron chi connectivity index (χ4n) is 1.01. The van der Waals surface area contributed by atoms with E-state index >= 15 is 0 Å². The van der Waals surface area contributed by atoms with Gasteiger partial charge >= 0.3 is 0 Å². The molecule has 0 aliphatic carbocycles. The van der Waals surface area contributed by atoms with Crippen LogP contribution in [0.4, 0.5) is 5.82 Å². The summed E-state index contributed by atoms with van der Waals surface area (Å²) in [6.07, 6.45) is 4.92. The van der Waals surface area contributed by atoms with E-state index in [4.69, 9.17) is 5.84 Å². The number of anilines is 1. The van der Waals surface area contributed by atoms with Crippen molar-refractivity contribution >= 4 is 17.6 Å². The molecule has 0 radical (unpaired) electrons. The topological polar surface area (TPSA) is 76.7 Å². The summed E-state index contributed by atoms with van der Waals surface area (Å²) in [5, 5.41) is 0.888. The third kappa shape index (κ3) is 2.64. The summed E-state index contributed by atoms with van der Waals surface area (Å²) < 4.78 is 0. The average molecular weight is 219 g/mol. The number of hydrogen-bond donors (Lipinski definition) is 2. The lowest BCUT2D eigenvalue weighted by molar-refractivity contribution is 1.05. The highest BCUT2D eigenvalue weighted by Gasteiger charge is 1.99. The van der Waals surface area contributed by atoms with E-state index in [1.807, 2.05) is 18.2 Å².